The smallest absolute Gasteiger partial charge is 0.246 e. The standard InChI is InChI=1S/C13H20N6/c1-10-3-4-12-15-13(16-19(12)8-10)18-6-5-17(2)9-11(18)7-14/h3-4,8,11H,5-7,9,14H2,1-2H3. The molecule has 1 aliphatic rings. The third-order valence-corrected chi connectivity index (χ3v) is 3.68. The van der Waals surface area contributed by atoms with Crippen LogP contribution in [-0.4, -0.2) is 58.8 Å². The van der Waals surface area contributed by atoms with Crippen LogP contribution >= 0.6 is 0 Å². The van der Waals surface area contributed by atoms with Gasteiger partial charge in [-0.1, -0.05) is 6.07 Å². The van der Waals surface area contributed by atoms with Gasteiger partial charge in [0.2, 0.25) is 5.95 Å². The molecule has 3 heterocycles. The summed E-state index contributed by atoms with van der Waals surface area (Å²) in [6.45, 7) is 5.59. The van der Waals surface area contributed by atoms with Crippen LogP contribution in [0.25, 0.3) is 5.65 Å². The summed E-state index contributed by atoms with van der Waals surface area (Å²) in [4.78, 5) is 9.13. The van der Waals surface area contributed by atoms with Gasteiger partial charge in [-0.05, 0) is 25.6 Å². The second-order valence-electron chi connectivity index (χ2n) is 5.27. The molecule has 0 amide bonds. The van der Waals surface area contributed by atoms with E-state index in [1.165, 1.54) is 5.56 Å². The second-order valence-corrected chi connectivity index (χ2v) is 5.27. The molecule has 2 N–H and O–H groups in total. The highest BCUT2D eigenvalue weighted by atomic mass is 15.4. The number of nitrogens with zero attached hydrogens (tertiary/aromatic N) is 5. The number of likely N-dealkylation sites (N-methyl/N-ethyl adjacent to an activating group) is 1. The molecule has 6 heteroatoms. The number of nitrogens with two attached hydrogens (primary N) is 1. The van der Waals surface area contributed by atoms with Gasteiger partial charge in [-0.15, -0.1) is 5.10 Å². The maximum absolute atomic E-state index is 5.88. The van der Waals surface area contributed by atoms with E-state index in [0.29, 0.717) is 6.54 Å². The number of fused-ring (bicyclic) bond motifs is 1. The first-order valence-corrected chi connectivity index (χ1v) is 6.65. The van der Waals surface area contributed by atoms with Crippen molar-refractivity contribution in [3.05, 3.63) is 23.9 Å². The molecule has 3 rings (SSSR count). The summed E-state index contributed by atoms with van der Waals surface area (Å²) in [6.07, 6.45) is 2.00. The van der Waals surface area contributed by atoms with Gasteiger partial charge in [0, 0.05) is 32.4 Å². The maximum atomic E-state index is 5.88. The molecule has 2 aromatic rings. The molecule has 6 nitrogen and oxygen atoms in total. The van der Waals surface area contributed by atoms with Gasteiger partial charge in [0.25, 0.3) is 0 Å². The van der Waals surface area contributed by atoms with Gasteiger partial charge in [-0.3, -0.25) is 0 Å². The van der Waals surface area contributed by atoms with Gasteiger partial charge in [0.15, 0.2) is 5.65 Å². The lowest BCUT2D eigenvalue weighted by molar-refractivity contribution is 0.268. The van der Waals surface area contributed by atoms with Crippen LogP contribution in [-0.2, 0) is 0 Å². The first kappa shape index (κ1) is 12.4. The van der Waals surface area contributed by atoms with Crippen LogP contribution in [0.5, 0.6) is 0 Å². The van der Waals surface area contributed by atoms with E-state index in [-0.39, 0.29) is 6.04 Å². The van der Waals surface area contributed by atoms with E-state index < -0.39 is 0 Å². The average Bonchev–Trinajstić information content (AvgIpc) is 2.81. The van der Waals surface area contributed by atoms with Crippen LogP contribution in [0.4, 0.5) is 5.95 Å². The van der Waals surface area contributed by atoms with E-state index >= 15 is 0 Å². The zero-order valence-electron chi connectivity index (χ0n) is 11.5. The van der Waals surface area contributed by atoms with E-state index in [9.17, 15) is 0 Å². The van der Waals surface area contributed by atoms with Crippen molar-refractivity contribution >= 4 is 11.6 Å². The second kappa shape index (κ2) is 4.79. The lowest BCUT2D eigenvalue weighted by Gasteiger charge is -2.38. The van der Waals surface area contributed by atoms with Crippen molar-refractivity contribution in [3.63, 3.8) is 0 Å². The first-order chi connectivity index (χ1) is 9.17. The highest BCUT2D eigenvalue weighted by Gasteiger charge is 2.26. The van der Waals surface area contributed by atoms with Crippen molar-refractivity contribution in [1.29, 1.82) is 0 Å². The Balaban J connectivity index is 1.94. The van der Waals surface area contributed by atoms with E-state index in [1.807, 2.05) is 16.8 Å². The SMILES string of the molecule is Cc1ccc2nc(N3CCN(C)CC3CN)nn2c1. The third kappa shape index (κ3) is 2.29. The van der Waals surface area contributed by atoms with Crippen molar-refractivity contribution in [2.75, 3.05) is 38.1 Å². The van der Waals surface area contributed by atoms with Gasteiger partial charge in [0.05, 0.1) is 6.04 Å². The zero-order chi connectivity index (χ0) is 13.4. The van der Waals surface area contributed by atoms with Crippen molar-refractivity contribution in [3.8, 4) is 0 Å². The van der Waals surface area contributed by atoms with E-state index in [1.54, 1.807) is 0 Å². The van der Waals surface area contributed by atoms with Crippen molar-refractivity contribution in [2.24, 2.45) is 5.73 Å². The van der Waals surface area contributed by atoms with Gasteiger partial charge in [-0.2, -0.15) is 4.98 Å². The Kier molecular flexibility index (Phi) is 3.12. The Morgan fingerprint density at radius 3 is 3.00 bits per heavy atom. The number of pyridine rings is 1. The molecule has 1 unspecified atom stereocenters. The van der Waals surface area contributed by atoms with Crippen LogP contribution < -0.4 is 10.6 Å². The fourth-order valence-electron chi connectivity index (χ4n) is 2.57. The molecule has 0 spiro atoms. The largest absolute Gasteiger partial charge is 0.333 e. The average molecular weight is 260 g/mol. The molecule has 1 aliphatic heterocycles. The fourth-order valence-corrected chi connectivity index (χ4v) is 2.57. The van der Waals surface area contributed by atoms with E-state index in [0.717, 1.165) is 31.2 Å². The van der Waals surface area contributed by atoms with Crippen LogP contribution in [0.2, 0.25) is 0 Å². The topological polar surface area (TPSA) is 62.7 Å². The minimum Gasteiger partial charge on any atom is -0.333 e. The Hall–Kier alpha value is -1.66. The molecule has 0 radical (unpaired) electrons. The highest BCUT2D eigenvalue weighted by molar-refractivity contribution is 5.46. The minimum absolute atomic E-state index is 0.289. The molecular weight excluding hydrogens is 240 g/mol. The molecule has 2 aromatic heterocycles. The molecule has 0 saturated carbocycles. The molecule has 19 heavy (non-hydrogen) atoms. The van der Waals surface area contributed by atoms with Gasteiger partial charge in [-0.25, -0.2) is 4.52 Å². The van der Waals surface area contributed by atoms with Crippen LogP contribution in [0.1, 0.15) is 5.56 Å². The summed E-state index contributed by atoms with van der Waals surface area (Å²) in [5.41, 5.74) is 7.94. The predicted octanol–water partition coefficient (Wildman–Crippen LogP) is 0.117. The van der Waals surface area contributed by atoms with Crippen molar-refractivity contribution < 1.29 is 0 Å². The summed E-state index contributed by atoms with van der Waals surface area (Å²) < 4.78 is 1.84. The number of piperazine rings is 1. The van der Waals surface area contributed by atoms with Crippen LogP contribution in [0.15, 0.2) is 18.3 Å². The van der Waals surface area contributed by atoms with Crippen LogP contribution in [0, 0.1) is 6.92 Å². The van der Waals surface area contributed by atoms with Crippen molar-refractivity contribution in [2.45, 2.75) is 13.0 Å². The Labute approximate surface area is 112 Å². The summed E-state index contributed by atoms with van der Waals surface area (Å²) in [7, 11) is 2.13. The summed E-state index contributed by atoms with van der Waals surface area (Å²) >= 11 is 0. The monoisotopic (exact) mass is 260 g/mol. The highest BCUT2D eigenvalue weighted by Crippen LogP contribution is 2.17. The Morgan fingerprint density at radius 2 is 2.21 bits per heavy atom. The van der Waals surface area contributed by atoms with E-state index in [4.69, 9.17) is 5.73 Å². The number of hydrogen-bond acceptors (Lipinski definition) is 5. The Morgan fingerprint density at radius 1 is 1.37 bits per heavy atom. The summed E-state index contributed by atoms with van der Waals surface area (Å²) in [5, 5.41) is 4.58. The summed E-state index contributed by atoms with van der Waals surface area (Å²) in [5.74, 6) is 0.786. The fraction of sp³-hybridized carbons (Fsp3) is 0.538. The molecule has 0 bridgehead atoms. The molecule has 102 valence electrons. The molecule has 1 atom stereocenters. The molecule has 1 fully saturated rings. The summed E-state index contributed by atoms with van der Waals surface area (Å²) in [6, 6.07) is 4.34. The van der Waals surface area contributed by atoms with Gasteiger partial charge < -0.3 is 15.5 Å². The molecular formula is C13H20N6. The first-order valence-electron chi connectivity index (χ1n) is 6.65. The normalized spacial score (nSPS) is 21.2. The molecule has 0 aliphatic carbocycles. The number of hydrogen-bond donors (Lipinski definition) is 1. The minimum atomic E-state index is 0.289. The quantitative estimate of drug-likeness (QED) is 0.831. The van der Waals surface area contributed by atoms with Gasteiger partial charge >= 0.3 is 0 Å². The van der Waals surface area contributed by atoms with Crippen LogP contribution in [0.3, 0.4) is 0 Å². The third-order valence-electron chi connectivity index (χ3n) is 3.68. The zero-order valence-corrected chi connectivity index (χ0v) is 11.5. The predicted molar refractivity (Wildman–Crippen MR) is 75.4 cm³/mol. The molecule has 0 aromatic carbocycles. The Bertz CT molecular complexity index is 578. The number of aryl methyl sites for hydroxylation is 1. The number of aromatic nitrogens is 3. The van der Waals surface area contributed by atoms with Crippen molar-refractivity contribution in [1.82, 2.24) is 19.5 Å². The molecule has 1 saturated heterocycles. The van der Waals surface area contributed by atoms with Gasteiger partial charge in [0.1, 0.15) is 0 Å². The number of rotatable bonds is 2. The van der Waals surface area contributed by atoms with E-state index in [2.05, 4.69) is 39.9 Å². The maximum Gasteiger partial charge on any atom is 0.246 e. The number of anilines is 1. The lowest BCUT2D eigenvalue weighted by atomic mass is 10.2. The lowest BCUT2D eigenvalue weighted by Crippen LogP contribution is -2.55.